The highest BCUT2D eigenvalue weighted by molar-refractivity contribution is 6.32. The molecule has 170 valence electrons. The molecule has 0 bridgehead atoms. The van der Waals surface area contributed by atoms with E-state index in [-0.39, 0.29) is 16.9 Å². The molecule has 0 amide bonds. The van der Waals surface area contributed by atoms with Crippen molar-refractivity contribution in [3.63, 3.8) is 0 Å². The molecule has 1 aliphatic carbocycles. The van der Waals surface area contributed by atoms with Crippen LogP contribution in [0.5, 0.6) is 0 Å². The Balaban J connectivity index is 2.16. The van der Waals surface area contributed by atoms with Crippen LogP contribution in [0.2, 0.25) is 10.1 Å². The normalized spacial score (nSPS) is 19.0. The minimum absolute atomic E-state index is 0.0786. The Morgan fingerprint density at radius 1 is 0.931 bits per heavy atom. The monoisotopic (exact) mass is 440 g/mol. The molecule has 29 heavy (non-hydrogen) atoms. The maximum Gasteiger partial charge on any atom is 0.168 e. The second-order valence-electron chi connectivity index (χ2n) is 11.0. The Morgan fingerprint density at radius 3 is 2.10 bits per heavy atom. The first-order chi connectivity index (χ1) is 13.5. The Morgan fingerprint density at radius 2 is 1.48 bits per heavy atom. The molecule has 0 radical (unpaired) electrons. The van der Waals surface area contributed by atoms with Crippen molar-refractivity contribution in [1.82, 2.24) is 0 Å². The zero-order valence-corrected chi connectivity index (χ0v) is 23.4. The standard InChI is InChI=1S/C24H48O3Si2/c1-18(2)23(5,6)28-26-15-13-11-9-10-12-14-20-16-21(25)17-22(20)27-29-24(7,8)19(3)4/h16,18-19,22H,9-15,17,28-29H2,1-8H3. The Bertz CT molecular complexity index is 524. The van der Waals surface area contributed by atoms with Crippen LogP contribution in [0.15, 0.2) is 11.6 Å². The van der Waals surface area contributed by atoms with Crippen molar-refractivity contribution in [3.8, 4) is 0 Å². The second-order valence-corrected chi connectivity index (χ2v) is 16.0. The van der Waals surface area contributed by atoms with Gasteiger partial charge in [-0.05, 0) is 52.8 Å². The number of carbonyl (C=O) groups is 1. The molecule has 0 aromatic carbocycles. The van der Waals surface area contributed by atoms with E-state index in [4.69, 9.17) is 8.85 Å². The molecular weight excluding hydrogens is 392 g/mol. The molecule has 0 N–H and O–H groups in total. The summed E-state index contributed by atoms with van der Waals surface area (Å²) in [4.78, 5) is 11.9. The summed E-state index contributed by atoms with van der Waals surface area (Å²) in [7, 11) is -1.10. The van der Waals surface area contributed by atoms with Crippen molar-refractivity contribution in [1.29, 1.82) is 0 Å². The summed E-state index contributed by atoms with van der Waals surface area (Å²) in [6.45, 7) is 19.4. The van der Waals surface area contributed by atoms with Crippen LogP contribution in [-0.4, -0.2) is 38.0 Å². The molecule has 0 aromatic heterocycles. The smallest absolute Gasteiger partial charge is 0.168 e. The Hall–Kier alpha value is -0.236. The van der Waals surface area contributed by atoms with Crippen LogP contribution >= 0.6 is 0 Å². The number of unbranched alkanes of at least 4 members (excludes halogenated alkanes) is 4. The summed E-state index contributed by atoms with van der Waals surface area (Å²) in [5.74, 6) is 1.59. The van der Waals surface area contributed by atoms with Crippen molar-refractivity contribution in [2.45, 2.75) is 117 Å². The first kappa shape index (κ1) is 26.8. The molecule has 0 fully saturated rings. The minimum Gasteiger partial charge on any atom is -0.423 e. The number of hydrogen-bond acceptors (Lipinski definition) is 3. The van der Waals surface area contributed by atoms with Gasteiger partial charge in [-0.1, -0.05) is 74.7 Å². The molecule has 0 saturated carbocycles. The lowest BCUT2D eigenvalue weighted by Crippen LogP contribution is -2.27. The van der Waals surface area contributed by atoms with Gasteiger partial charge in [0, 0.05) is 13.0 Å². The van der Waals surface area contributed by atoms with E-state index < -0.39 is 19.5 Å². The molecule has 3 nitrogen and oxygen atoms in total. The van der Waals surface area contributed by atoms with Gasteiger partial charge in [-0.15, -0.1) is 0 Å². The van der Waals surface area contributed by atoms with Crippen LogP contribution in [0, 0.1) is 11.8 Å². The van der Waals surface area contributed by atoms with Crippen molar-refractivity contribution >= 4 is 25.3 Å². The highest BCUT2D eigenvalue weighted by atomic mass is 28.2. The minimum atomic E-state index is -0.656. The summed E-state index contributed by atoms with van der Waals surface area (Å²) in [5.41, 5.74) is 1.26. The molecule has 1 rings (SSSR count). The van der Waals surface area contributed by atoms with Crippen LogP contribution in [0.1, 0.15) is 100 Å². The van der Waals surface area contributed by atoms with Gasteiger partial charge in [0.15, 0.2) is 25.3 Å². The van der Waals surface area contributed by atoms with E-state index in [1.165, 1.54) is 37.7 Å². The van der Waals surface area contributed by atoms with Crippen LogP contribution in [0.3, 0.4) is 0 Å². The molecule has 1 unspecified atom stereocenters. The molecule has 0 aromatic rings. The summed E-state index contributed by atoms with van der Waals surface area (Å²) in [6.07, 6.45) is 9.66. The summed E-state index contributed by atoms with van der Waals surface area (Å²) in [5, 5.41) is 0.685. The fraction of sp³-hybridized carbons (Fsp3) is 0.875. The van der Waals surface area contributed by atoms with Gasteiger partial charge >= 0.3 is 0 Å². The lowest BCUT2D eigenvalue weighted by Gasteiger charge is -2.30. The average Bonchev–Trinajstić information content (AvgIpc) is 2.98. The van der Waals surface area contributed by atoms with E-state index in [1.54, 1.807) is 0 Å². The highest BCUT2D eigenvalue weighted by Gasteiger charge is 2.29. The molecule has 1 aliphatic rings. The highest BCUT2D eigenvalue weighted by Crippen LogP contribution is 2.35. The van der Waals surface area contributed by atoms with E-state index in [2.05, 4.69) is 55.4 Å². The number of allylic oxidation sites excluding steroid dienone is 1. The van der Waals surface area contributed by atoms with Crippen LogP contribution in [0.4, 0.5) is 0 Å². The number of hydrogen-bond donors (Lipinski definition) is 0. The van der Waals surface area contributed by atoms with E-state index in [9.17, 15) is 4.79 Å². The summed E-state index contributed by atoms with van der Waals surface area (Å²) in [6, 6.07) is 0. The molecule has 5 heteroatoms. The predicted molar refractivity (Wildman–Crippen MR) is 131 cm³/mol. The largest absolute Gasteiger partial charge is 0.423 e. The van der Waals surface area contributed by atoms with Gasteiger partial charge < -0.3 is 8.85 Å². The summed E-state index contributed by atoms with van der Waals surface area (Å²) < 4.78 is 12.3. The zero-order chi connectivity index (χ0) is 22.1. The quantitative estimate of drug-likeness (QED) is 0.249. The molecule has 0 saturated heterocycles. The van der Waals surface area contributed by atoms with Crippen molar-refractivity contribution in [3.05, 3.63) is 11.6 Å². The van der Waals surface area contributed by atoms with Gasteiger partial charge in [0.2, 0.25) is 0 Å². The molecule has 0 aliphatic heterocycles. The first-order valence-corrected chi connectivity index (χ1v) is 14.5. The number of ketones is 1. The van der Waals surface area contributed by atoms with Crippen LogP contribution in [0.25, 0.3) is 0 Å². The number of carbonyl (C=O) groups excluding carboxylic acids is 1. The first-order valence-electron chi connectivity index (χ1n) is 11.9. The van der Waals surface area contributed by atoms with Gasteiger partial charge in [-0.3, -0.25) is 4.79 Å². The third-order valence-corrected chi connectivity index (χ3v) is 11.3. The number of rotatable bonds is 15. The lowest BCUT2D eigenvalue weighted by molar-refractivity contribution is -0.114. The predicted octanol–water partition coefficient (Wildman–Crippen LogP) is 5.50. The summed E-state index contributed by atoms with van der Waals surface area (Å²) >= 11 is 0. The van der Waals surface area contributed by atoms with Gasteiger partial charge in [-0.25, -0.2) is 0 Å². The van der Waals surface area contributed by atoms with Crippen molar-refractivity contribution in [2.24, 2.45) is 11.8 Å². The van der Waals surface area contributed by atoms with E-state index >= 15 is 0 Å². The van der Waals surface area contributed by atoms with E-state index in [1.807, 2.05) is 6.08 Å². The molecular formula is C24H48O3Si2. The molecule has 0 spiro atoms. The fourth-order valence-electron chi connectivity index (χ4n) is 3.12. The van der Waals surface area contributed by atoms with E-state index in [0.29, 0.717) is 23.3 Å². The lowest BCUT2D eigenvalue weighted by atomic mass is 9.99. The van der Waals surface area contributed by atoms with E-state index in [0.717, 1.165) is 13.0 Å². The maximum atomic E-state index is 11.9. The third kappa shape index (κ3) is 10.1. The van der Waals surface area contributed by atoms with Crippen molar-refractivity contribution in [2.75, 3.05) is 6.61 Å². The Kier molecular flexibility index (Phi) is 11.6. The van der Waals surface area contributed by atoms with Gasteiger partial charge in [0.25, 0.3) is 0 Å². The average molecular weight is 441 g/mol. The molecule has 0 heterocycles. The van der Waals surface area contributed by atoms with Gasteiger partial charge in [0.1, 0.15) is 0 Å². The van der Waals surface area contributed by atoms with Crippen molar-refractivity contribution < 1.29 is 13.6 Å². The van der Waals surface area contributed by atoms with Crippen LogP contribution in [-0.2, 0) is 13.6 Å². The molecule has 1 atom stereocenters. The van der Waals surface area contributed by atoms with Crippen LogP contribution < -0.4 is 0 Å². The maximum absolute atomic E-state index is 11.9. The van der Waals surface area contributed by atoms with Gasteiger partial charge in [-0.2, -0.15) is 0 Å². The second kappa shape index (κ2) is 12.6. The SMILES string of the molecule is CC(C)C(C)(C)[SiH2]OCCCCCCCC1=CC(=O)CC1O[SiH2]C(C)(C)C(C)C. The zero-order valence-electron chi connectivity index (χ0n) is 20.6. The Labute approximate surface area is 185 Å². The topological polar surface area (TPSA) is 35.5 Å². The fourth-order valence-corrected chi connectivity index (χ4v) is 5.62. The van der Waals surface area contributed by atoms with Gasteiger partial charge in [0.05, 0.1) is 6.10 Å². The third-order valence-electron chi connectivity index (χ3n) is 7.16.